The standard InChI is InChI=1S/C21H18N2O4/c1-27-21(26)20(25)23-16-9-5-8-15(13-16)17-10-11-22-18(19(17)24)12-14-6-3-2-4-7-14/h2-11,13,24H,12H2,1H3,(H,23,25). The van der Waals surface area contributed by atoms with E-state index in [0.29, 0.717) is 28.9 Å². The molecule has 1 heterocycles. The van der Waals surface area contributed by atoms with Crippen LogP contribution in [0.5, 0.6) is 5.75 Å². The second-order valence-corrected chi connectivity index (χ2v) is 5.84. The van der Waals surface area contributed by atoms with Gasteiger partial charge >= 0.3 is 11.9 Å². The Bertz CT molecular complexity index is 971. The number of pyridine rings is 1. The van der Waals surface area contributed by atoms with Gasteiger partial charge in [-0.3, -0.25) is 9.78 Å². The largest absolute Gasteiger partial charge is 0.505 e. The number of aromatic hydroxyl groups is 1. The van der Waals surface area contributed by atoms with Crippen molar-refractivity contribution in [1.82, 2.24) is 4.98 Å². The van der Waals surface area contributed by atoms with E-state index in [4.69, 9.17) is 0 Å². The summed E-state index contributed by atoms with van der Waals surface area (Å²) in [7, 11) is 1.14. The van der Waals surface area contributed by atoms with Gasteiger partial charge in [0.15, 0.2) is 0 Å². The molecule has 3 rings (SSSR count). The summed E-state index contributed by atoms with van der Waals surface area (Å²) in [6.45, 7) is 0. The number of ether oxygens (including phenoxy) is 1. The van der Waals surface area contributed by atoms with E-state index in [1.165, 1.54) is 0 Å². The van der Waals surface area contributed by atoms with Crippen molar-refractivity contribution >= 4 is 17.6 Å². The summed E-state index contributed by atoms with van der Waals surface area (Å²) in [6, 6.07) is 18.3. The summed E-state index contributed by atoms with van der Waals surface area (Å²) in [5.41, 5.74) is 3.29. The molecule has 0 bridgehead atoms. The average molecular weight is 362 g/mol. The van der Waals surface area contributed by atoms with Crippen molar-refractivity contribution in [2.24, 2.45) is 0 Å². The van der Waals surface area contributed by atoms with Crippen LogP contribution in [0.25, 0.3) is 11.1 Å². The maximum Gasteiger partial charge on any atom is 0.396 e. The zero-order valence-corrected chi connectivity index (χ0v) is 14.7. The van der Waals surface area contributed by atoms with Crippen molar-refractivity contribution in [3.63, 3.8) is 0 Å². The fourth-order valence-electron chi connectivity index (χ4n) is 2.69. The summed E-state index contributed by atoms with van der Waals surface area (Å²) in [6.07, 6.45) is 2.13. The van der Waals surface area contributed by atoms with Crippen LogP contribution in [0.3, 0.4) is 0 Å². The number of amides is 1. The number of esters is 1. The van der Waals surface area contributed by atoms with Crippen LogP contribution >= 0.6 is 0 Å². The first-order valence-corrected chi connectivity index (χ1v) is 8.29. The molecule has 0 saturated heterocycles. The molecular formula is C21H18N2O4. The van der Waals surface area contributed by atoms with Crippen molar-refractivity contribution in [1.29, 1.82) is 0 Å². The molecule has 27 heavy (non-hydrogen) atoms. The van der Waals surface area contributed by atoms with Gasteiger partial charge < -0.3 is 15.2 Å². The maximum atomic E-state index is 11.7. The predicted octanol–water partition coefficient (Wildman–Crippen LogP) is 3.16. The van der Waals surface area contributed by atoms with Crippen LogP contribution in [0.1, 0.15) is 11.3 Å². The molecule has 0 spiro atoms. The first kappa shape index (κ1) is 18.1. The molecule has 3 aromatic rings. The monoisotopic (exact) mass is 362 g/mol. The smallest absolute Gasteiger partial charge is 0.396 e. The van der Waals surface area contributed by atoms with E-state index in [0.717, 1.165) is 12.7 Å². The fraction of sp³-hybridized carbons (Fsp3) is 0.0952. The molecule has 0 unspecified atom stereocenters. The van der Waals surface area contributed by atoms with Crippen LogP contribution in [0, 0.1) is 0 Å². The Hall–Kier alpha value is -3.67. The number of nitrogens with zero attached hydrogens (tertiary/aromatic N) is 1. The summed E-state index contributed by atoms with van der Waals surface area (Å²) in [5.74, 6) is -1.76. The van der Waals surface area contributed by atoms with E-state index in [-0.39, 0.29) is 5.75 Å². The van der Waals surface area contributed by atoms with Gasteiger partial charge in [-0.1, -0.05) is 42.5 Å². The topological polar surface area (TPSA) is 88.5 Å². The molecule has 6 nitrogen and oxygen atoms in total. The van der Waals surface area contributed by atoms with Gasteiger partial charge in [-0.15, -0.1) is 0 Å². The lowest BCUT2D eigenvalue weighted by Gasteiger charge is -2.11. The number of hydrogen-bond donors (Lipinski definition) is 2. The normalized spacial score (nSPS) is 10.3. The zero-order valence-electron chi connectivity index (χ0n) is 14.7. The van der Waals surface area contributed by atoms with E-state index in [9.17, 15) is 14.7 Å². The molecule has 1 amide bonds. The highest BCUT2D eigenvalue weighted by molar-refractivity contribution is 6.37. The molecule has 0 aliphatic rings. The van der Waals surface area contributed by atoms with Crippen molar-refractivity contribution < 1.29 is 19.4 Å². The van der Waals surface area contributed by atoms with Crippen molar-refractivity contribution in [2.75, 3.05) is 12.4 Å². The van der Waals surface area contributed by atoms with Gasteiger partial charge in [-0.2, -0.15) is 0 Å². The number of benzene rings is 2. The number of carbonyl (C=O) groups is 2. The van der Waals surface area contributed by atoms with Crippen LogP contribution in [-0.4, -0.2) is 29.1 Å². The molecule has 1 aromatic heterocycles. The lowest BCUT2D eigenvalue weighted by atomic mass is 10.0. The van der Waals surface area contributed by atoms with Gasteiger partial charge in [0, 0.05) is 23.9 Å². The van der Waals surface area contributed by atoms with E-state index < -0.39 is 11.9 Å². The first-order chi connectivity index (χ1) is 13.1. The van der Waals surface area contributed by atoms with Gasteiger partial charge in [0.1, 0.15) is 5.75 Å². The van der Waals surface area contributed by atoms with Gasteiger partial charge in [-0.25, -0.2) is 4.79 Å². The Balaban J connectivity index is 1.88. The Morgan fingerprint density at radius 3 is 2.59 bits per heavy atom. The molecule has 136 valence electrons. The van der Waals surface area contributed by atoms with E-state index in [1.54, 1.807) is 36.5 Å². The minimum absolute atomic E-state index is 0.0813. The molecule has 0 aliphatic heterocycles. The summed E-state index contributed by atoms with van der Waals surface area (Å²) >= 11 is 0. The van der Waals surface area contributed by atoms with Crippen LogP contribution in [-0.2, 0) is 20.7 Å². The number of carbonyl (C=O) groups excluding carboxylic acids is 2. The highest BCUT2D eigenvalue weighted by atomic mass is 16.5. The molecule has 2 N–H and O–H groups in total. The summed E-state index contributed by atoms with van der Waals surface area (Å²) < 4.78 is 4.39. The third kappa shape index (κ3) is 4.30. The fourth-order valence-corrected chi connectivity index (χ4v) is 2.69. The minimum atomic E-state index is -0.975. The Kier molecular flexibility index (Phi) is 5.47. The molecule has 2 aromatic carbocycles. The van der Waals surface area contributed by atoms with Crippen LogP contribution in [0.4, 0.5) is 5.69 Å². The van der Waals surface area contributed by atoms with Crippen LogP contribution < -0.4 is 5.32 Å². The lowest BCUT2D eigenvalue weighted by Crippen LogP contribution is -2.23. The zero-order chi connectivity index (χ0) is 19.2. The number of nitrogens with one attached hydrogen (secondary N) is 1. The van der Waals surface area contributed by atoms with Crippen molar-refractivity contribution in [2.45, 2.75) is 6.42 Å². The van der Waals surface area contributed by atoms with E-state index in [1.807, 2.05) is 30.3 Å². The summed E-state index contributed by atoms with van der Waals surface area (Å²) in [5, 5.41) is 13.1. The highest BCUT2D eigenvalue weighted by Crippen LogP contribution is 2.33. The minimum Gasteiger partial charge on any atom is -0.505 e. The number of aromatic nitrogens is 1. The third-order valence-corrected chi connectivity index (χ3v) is 4.02. The van der Waals surface area contributed by atoms with Gasteiger partial charge in [-0.05, 0) is 29.3 Å². The molecule has 0 radical (unpaired) electrons. The van der Waals surface area contributed by atoms with Crippen molar-refractivity contribution in [3.05, 3.63) is 78.1 Å². The Morgan fingerprint density at radius 2 is 1.85 bits per heavy atom. The number of methoxy groups -OCH3 is 1. The number of hydrogen-bond acceptors (Lipinski definition) is 5. The average Bonchev–Trinajstić information content (AvgIpc) is 2.70. The molecule has 6 heteroatoms. The number of anilines is 1. The predicted molar refractivity (Wildman–Crippen MR) is 101 cm³/mol. The molecule has 0 saturated carbocycles. The SMILES string of the molecule is COC(=O)C(=O)Nc1cccc(-c2ccnc(Cc3ccccc3)c2O)c1. The quantitative estimate of drug-likeness (QED) is 0.550. The molecule has 0 atom stereocenters. The summed E-state index contributed by atoms with van der Waals surface area (Å²) in [4.78, 5) is 27.2. The Morgan fingerprint density at radius 1 is 1.07 bits per heavy atom. The van der Waals surface area contributed by atoms with E-state index >= 15 is 0 Å². The molecule has 0 fully saturated rings. The highest BCUT2D eigenvalue weighted by Gasteiger charge is 2.15. The second-order valence-electron chi connectivity index (χ2n) is 5.84. The lowest BCUT2D eigenvalue weighted by molar-refractivity contribution is -0.150. The number of rotatable bonds is 4. The third-order valence-electron chi connectivity index (χ3n) is 4.02. The van der Waals surface area contributed by atoms with Crippen LogP contribution in [0.2, 0.25) is 0 Å². The van der Waals surface area contributed by atoms with E-state index in [2.05, 4.69) is 15.0 Å². The first-order valence-electron chi connectivity index (χ1n) is 8.29. The van der Waals surface area contributed by atoms with Gasteiger partial charge in [0.05, 0.1) is 12.8 Å². The molecular weight excluding hydrogens is 344 g/mol. The van der Waals surface area contributed by atoms with Gasteiger partial charge in [0.2, 0.25) is 0 Å². The molecule has 0 aliphatic carbocycles. The van der Waals surface area contributed by atoms with Crippen LogP contribution in [0.15, 0.2) is 66.9 Å². The second kappa shape index (κ2) is 8.14. The van der Waals surface area contributed by atoms with Crippen molar-refractivity contribution in [3.8, 4) is 16.9 Å². The maximum absolute atomic E-state index is 11.7. The Labute approximate surface area is 156 Å². The van der Waals surface area contributed by atoms with Gasteiger partial charge in [0.25, 0.3) is 0 Å².